The highest BCUT2D eigenvalue weighted by molar-refractivity contribution is 7.13. The molecule has 1 aliphatic heterocycles. The highest BCUT2D eigenvalue weighted by Crippen LogP contribution is 2.30. The summed E-state index contributed by atoms with van der Waals surface area (Å²) in [5.41, 5.74) is 0.909. The number of hydrogen-bond donors (Lipinski definition) is 1. The molecule has 1 aliphatic rings. The predicted molar refractivity (Wildman–Crippen MR) is 112 cm³/mol. The first-order valence-corrected chi connectivity index (χ1v) is 10.9. The average molecular weight is 450 g/mol. The van der Waals surface area contributed by atoms with Crippen LogP contribution in [-0.4, -0.2) is 51.2 Å². The Morgan fingerprint density at radius 3 is 2.74 bits per heavy atom. The van der Waals surface area contributed by atoms with Crippen molar-refractivity contribution in [1.29, 1.82) is 0 Å². The molecule has 1 N–H and O–H groups in total. The summed E-state index contributed by atoms with van der Waals surface area (Å²) in [6.07, 6.45) is 0.718. The molecule has 31 heavy (non-hydrogen) atoms. The Bertz CT molecular complexity index is 1040. The van der Waals surface area contributed by atoms with Crippen LogP contribution in [0.25, 0.3) is 16.3 Å². The molecule has 6 nitrogen and oxygen atoms in total. The lowest BCUT2D eigenvalue weighted by molar-refractivity contribution is -0.137. The van der Waals surface area contributed by atoms with Crippen LogP contribution >= 0.6 is 11.3 Å². The maximum Gasteiger partial charge on any atom is 0.416 e. The van der Waals surface area contributed by atoms with Crippen molar-refractivity contribution in [1.82, 2.24) is 25.0 Å². The van der Waals surface area contributed by atoms with E-state index in [1.165, 1.54) is 28.2 Å². The quantitative estimate of drug-likeness (QED) is 0.612. The van der Waals surface area contributed by atoms with Gasteiger partial charge in [-0.2, -0.15) is 18.3 Å². The summed E-state index contributed by atoms with van der Waals surface area (Å²) in [6.45, 7) is 4.43. The van der Waals surface area contributed by atoms with Crippen LogP contribution < -0.4 is 5.32 Å². The summed E-state index contributed by atoms with van der Waals surface area (Å²) in [6, 6.07) is 4.97. The zero-order valence-electron chi connectivity index (χ0n) is 16.9. The van der Waals surface area contributed by atoms with E-state index in [1.807, 2.05) is 11.8 Å². The van der Waals surface area contributed by atoms with E-state index < -0.39 is 11.7 Å². The van der Waals surface area contributed by atoms with E-state index in [9.17, 15) is 18.0 Å². The molecule has 2 aromatic heterocycles. The van der Waals surface area contributed by atoms with Gasteiger partial charge in [0, 0.05) is 36.3 Å². The van der Waals surface area contributed by atoms with E-state index in [-0.39, 0.29) is 11.9 Å². The van der Waals surface area contributed by atoms with Gasteiger partial charge in [-0.25, -0.2) is 9.67 Å². The van der Waals surface area contributed by atoms with Gasteiger partial charge < -0.3 is 10.2 Å². The van der Waals surface area contributed by atoms with Crippen LogP contribution in [0.15, 0.2) is 42.0 Å². The first-order valence-electron chi connectivity index (χ1n) is 10.1. The van der Waals surface area contributed by atoms with Crippen LogP contribution in [0.5, 0.6) is 0 Å². The summed E-state index contributed by atoms with van der Waals surface area (Å²) >= 11 is 1.35. The molecule has 164 valence electrons. The number of nitrogens with zero attached hydrogens (tertiary/aromatic N) is 4. The van der Waals surface area contributed by atoms with Gasteiger partial charge >= 0.3 is 6.18 Å². The van der Waals surface area contributed by atoms with E-state index in [0.717, 1.165) is 38.1 Å². The van der Waals surface area contributed by atoms with Crippen LogP contribution in [0.2, 0.25) is 0 Å². The lowest BCUT2D eigenvalue weighted by atomic mass is 10.2. The third-order valence-corrected chi connectivity index (χ3v) is 6.10. The highest BCUT2D eigenvalue weighted by atomic mass is 32.1. The lowest BCUT2D eigenvalue weighted by Crippen LogP contribution is -2.42. The van der Waals surface area contributed by atoms with Crippen LogP contribution in [0, 0.1) is 0 Å². The summed E-state index contributed by atoms with van der Waals surface area (Å²) in [7, 11) is 0. The Labute approximate surface area is 181 Å². The van der Waals surface area contributed by atoms with Gasteiger partial charge in [0.1, 0.15) is 10.7 Å². The molecule has 0 radical (unpaired) electrons. The molecule has 0 bridgehead atoms. The van der Waals surface area contributed by atoms with Crippen molar-refractivity contribution in [3.05, 3.63) is 53.3 Å². The molecular formula is C21H22F3N5OS. The maximum atomic E-state index is 13.0. The van der Waals surface area contributed by atoms with Crippen molar-refractivity contribution in [2.75, 3.05) is 19.6 Å². The van der Waals surface area contributed by atoms with E-state index in [1.54, 1.807) is 17.8 Å². The standard InChI is InChI=1S/C21H22F3N5OS/c1-2-9-28(17-7-8-25-11-17)20(30)18-13-31-19(27-18)14-10-26-29(12-14)16-5-3-15(4-6-16)21(22,23)24/h3-6,10,12-13,17,25H,2,7-9,11H2,1H3/t17-/m0/s1. The fourth-order valence-electron chi connectivity index (χ4n) is 3.63. The van der Waals surface area contributed by atoms with Gasteiger partial charge in [-0.05, 0) is 43.7 Å². The number of hydrogen-bond acceptors (Lipinski definition) is 5. The molecule has 1 atom stereocenters. The van der Waals surface area contributed by atoms with Gasteiger partial charge in [-0.1, -0.05) is 6.92 Å². The minimum Gasteiger partial charge on any atom is -0.333 e. The van der Waals surface area contributed by atoms with E-state index in [0.29, 0.717) is 28.5 Å². The van der Waals surface area contributed by atoms with Gasteiger partial charge in [0.05, 0.1) is 17.4 Å². The minimum atomic E-state index is -4.38. The Kier molecular flexibility index (Phi) is 6.10. The second-order valence-electron chi connectivity index (χ2n) is 7.40. The first-order chi connectivity index (χ1) is 14.9. The highest BCUT2D eigenvalue weighted by Gasteiger charge is 2.30. The van der Waals surface area contributed by atoms with Crippen LogP contribution in [0.1, 0.15) is 35.8 Å². The molecule has 3 heterocycles. The van der Waals surface area contributed by atoms with Crippen LogP contribution in [-0.2, 0) is 6.18 Å². The molecule has 10 heteroatoms. The van der Waals surface area contributed by atoms with E-state index in [4.69, 9.17) is 0 Å². The number of thiazole rings is 1. The fourth-order valence-corrected chi connectivity index (χ4v) is 4.39. The smallest absolute Gasteiger partial charge is 0.333 e. The van der Waals surface area contributed by atoms with Gasteiger partial charge in [-0.3, -0.25) is 4.79 Å². The second kappa shape index (κ2) is 8.80. The van der Waals surface area contributed by atoms with Crippen molar-refractivity contribution in [2.24, 2.45) is 0 Å². The molecule has 0 aliphatic carbocycles. The Morgan fingerprint density at radius 2 is 2.10 bits per heavy atom. The topological polar surface area (TPSA) is 63.1 Å². The Balaban J connectivity index is 1.52. The van der Waals surface area contributed by atoms with Crippen molar-refractivity contribution >= 4 is 17.2 Å². The summed E-state index contributed by atoms with van der Waals surface area (Å²) in [5, 5.41) is 9.92. The maximum absolute atomic E-state index is 13.0. The zero-order valence-corrected chi connectivity index (χ0v) is 17.7. The Hall–Kier alpha value is -2.72. The minimum absolute atomic E-state index is 0.0758. The predicted octanol–water partition coefficient (Wildman–Crippen LogP) is 4.23. The van der Waals surface area contributed by atoms with E-state index in [2.05, 4.69) is 15.4 Å². The summed E-state index contributed by atoms with van der Waals surface area (Å²) in [5.74, 6) is -0.0758. The number of benzene rings is 1. The number of nitrogens with one attached hydrogen (secondary N) is 1. The normalized spacial score (nSPS) is 16.6. The van der Waals surface area contributed by atoms with Crippen molar-refractivity contribution in [2.45, 2.75) is 32.0 Å². The first kappa shape index (κ1) is 21.5. The summed E-state index contributed by atoms with van der Waals surface area (Å²) < 4.78 is 39.8. The fraction of sp³-hybridized carbons (Fsp3) is 0.381. The molecule has 3 aromatic rings. The Morgan fingerprint density at radius 1 is 1.32 bits per heavy atom. The molecule has 1 fully saturated rings. The third-order valence-electron chi connectivity index (χ3n) is 5.21. The van der Waals surface area contributed by atoms with Crippen LogP contribution in [0.3, 0.4) is 0 Å². The van der Waals surface area contributed by atoms with Gasteiger partial charge in [0.2, 0.25) is 0 Å². The molecule has 1 aromatic carbocycles. The molecule has 0 spiro atoms. The zero-order chi connectivity index (χ0) is 22.0. The third kappa shape index (κ3) is 4.64. The molecular weight excluding hydrogens is 427 g/mol. The van der Waals surface area contributed by atoms with E-state index >= 15 is 0 Å². The number of amides is 1. The van der Waals surface area contributed by atoms with Crippen molar-refractivity contribution < 1.29 is 18.0 Å². The van der Waals surface area contributed by atoms with Crippen LogP contribution in [0.4, 0.5) is 13.2 Å². The largest absolute Gasteiger partial charge is 0.416 e. The number of rotatable bonds is 6. The molecule has 4 rings (SSSR count). The van der Waals surface area contributed by atoms with Gasteiger partial charge in [0.15, 0.2) is 0 Å². The van der Waals surface area contributed by atoms with Gasteiger partial charge in [0.25, 0.3) is 5.91 Å². The SMILES string of the molecule is CCCN(C(=O)c1csc(-c2cnn(-c3ccc(C(F)(F)F)cc3)c2)n1)[C@H]1CCNC1. The molecule has 0 saturated carbocycles. The molecule has 0 unspecified atom stereocenters. The summed E-state index contributed by atoms with van der Waals surface area (Å²) in [4.78, 5) is 19.4. The number of alkyl halides is 3. The number of halogens is 3. The van der Waals surface area contributed by atoms with Gasteiger partial charge in [-0.15, -0.1) is 11.3 Å². The molecule has 1 amide bonds. The second-order valence-corrected chi connectivity index (χ2v) is 8.26. The lowest BCUT2D eigenvalue weighted by Gasteiger charge is -2.27. The number of carbonyl (C=O) groups is 1. The average Bonchev–Trinajstić information content (AvgIpc) is 3.52. The molecule has 1 saturated heterocycles. The van der Waals surface area contributed by atoms with Crippen molar-refractivity contribution in [3.8, 4) is 16.3 Å². The monoisotopic (exact) mass is 449 g/mol. The number of carbonyl (C=O) groups excluding carboxylic acids is 1. The number of aromatic nitrogens is 3. The van der Waals surface area contributed by atoms with Crippen molar-refractivity contribution in [3.63, 3.8) is 0 Å².